The van der Waals surface area contributed by atoms with E-state index in [1.165, 1.54) is 0 Å². The van der Waals surface area contributed by atoms with Gasteiger partial charge in [-0.15, -0.1) is 0 Å². The van der Waals surface area contributed by atoms with Gasteiger partial charge in [-0.1, -0.05) is 62.1 Å². The SMILES string of the molecule is C=C(C(=O)NCC1=CCC(OCc2ccccc2)C=C1)/C(N)=N\C(=C/C)OCCC. The van der Waals surface area contributed by atoms with Crippen LogP contribution in [-0.4, -0.2) is 31.0 Å². The molecule has 0 aromatic heterocycles. The third-order valence-electron chi connectivity index (χ3n) is 4.41. The maximum Gasteiger partial charge on any atom is 0.254 e. The van der Waals surface area contributed by atoms with Crippen LogP contribution < -0.4 is 11.1 Å². The Labute approximate surface area is 178 Å². The lowest BCUT2D eigenvalue weighted by molar-refractivity contribution is -0.116. The lowest BCUT2D eigenvalue weighted by atomic mass is 10.0. The highest BCUT2D eigenvalue weighted by molar-refractivity contribution is 6.19. The van der Waals surface area contributed by atoms with E-state index in [1.54, 1.807) is 13.0 Å². The molecule has 0 spiro atoms. The molecule has 1 unspecified atom stereocenters. The van der Waals surface area contributed by atoms with E-state index in [4.69, 9.17) is 15.2 Å². The number of carbonyl (C=O) groups is 1. The fraction of sp³-hybridized carbons (Fsp3) is 0.333. The summed E-state index contributed by atoms with van der Waals surface area (Å²) in [6.07, 6.45) is 9.39. The molecular formula is C24H31N3O3. The van der Waals surface area contributed by atoms with Gasteiger partial charge in [0.15, 0.2) is 0 Å². The first-order chi connectivity index (χ1) is 14.5. The number of hydrogen-bond donors (Lipinski definition) is 2. The molecule has 160 valence electrons. The number of carbonyl (C=O) groups excluding carboxylic acids is 1. The second kappa shape index (κ2) is 12.4. The second-order valence-corrected chi connectivity index (χ2v) is 6.84. The molecule has 1 atom stereocenters. The van der Waals surface area contributed by atoms with Crippen LogP contribution in [0.15, 0.2) is 83.2 Å². The van der Waals surface area contributed by atoms with E-state index < -0.39 is 0 Å². The quantitative estimate of drug-likeness (QED) is 0.252. The molecule has 0 aliphatic heterocycles. The van der Waals surface area contributed by atoms with Gasteiger partial charge in [0.05, 0.1) is 24.9 Å². The molecule has 0 bridgehead atoms. The highest BCUT2D eigenvalue weighted by atomic mass is 16.5. The molecule has 3 N–H and O–H groups in total. The van der Waals surface area contributed by atoms with Crippen molar-refractivity contribution in [3.63, 3.8) is 0 Å². The van der Waals surface area contributed by atoms with Crippen LogP contribution in [0.4, 0.5) is 0 Å². The third kappa shape index (κ3) is 7.72. The first kappa shape index (κ1) is 23.2. The second-order valence-electron chi connectivity index (χ2n) is 6.84. The Morgan fingerprint density at radius 1 is 1.37 bits per heavy atom. The normalized spacial score (nSPS) is 16.7. The van der Waals surface area contributed by atoms with Gasteiger partial charge in [0.25, 0.3) is 5.91 Å². The van der Waals surface area contributed by atoms with Crippen LogP contribution in [0.25, 0.3) is 0 Å². The van der Waals surface area contributed by atoms with Crippen molar-refractivity contribution in [1.82, 2.24) is 5.32 Å². The summed E-state index contributed by atoms with van der Waals surface area (Å²) < 4.78 is 11.4. The molecule has 1 aromatic carbocycles. The fourth-order valence-corrected chi connectivity index (χ4v) is 2.66. The Bertz CT molecular complexity index is 839. The van der Waals surface area contributed by atoms with E-state index in [0.717, 1.165) is 24.0 Å². The van der Waals surface area contributed by atoms with Gasteiger partial charge in [-0.2, -0.15) is 4.99 Å². The molecule has 6 heteroatoms. The van der Waals surface area contributed by atoms with Crippen LogP contribution in [0.5, 0.6) is 0 Å². The van der Waals surface area contributed by atoms with Crippen molar-refractivity contribution >= 4 is 11.7 Å². The summed E-state index contributed by atoms with van der Waals surface area (Å²) >= 11 is 0. The number of nitrogens with one attached hydrogen (secondary N) is 1. The van der Waals surface area contributed by atoms with Gasteiger partial charge < -0.3 is 20.5 Å². The first-order valence-corrected chi connectivity index (χ1v) is 10.2. The summed E-state index contributed by atoms with van der Waals surface area (Å²) in [5, 5.41) is 2.82. The van der Waals surface area contributed by atoms with Crippen molar-refractivity contribution in [2.24, 2.45) is 10.7 Å². The molecule has 0 radical (unpaired) electrons. The largest absolute Gasteiger partial charge is 0.478 e. The summed E-state index contributed by atoms with van der Waals surface area (Å²) in [5.41, 5.74) is 8.16. The molecular weight excluding hydrogens is 378 g/mol. The highest BCUT2D eigenvalue weighted by Crippen LogP contribution is 2.15. The van der Waals surface area contributed by atoms with E-state index in [-0.39, 0.29) is 23.4 Å². The van der Waals surface area contributed by atoms with Crippen LogP contribution in [0.3, 0.4) is 0 Å². The maximum atomic E-state index is 12.3. The smallest absolute Gasteiger partial charge is 0.254 e. The Morgan fingerprint density at radius 3 is 2.77 bits per heavy atom. The Balaban J connectivity index is 1.77. The molecule has 0 saturated heterocycles. The van der Waals surface area contributed by atoms with Gasteiger partial charge in [-0.3, -0.25) is 4.79 Å². The number of nitrogens with two attached hydrogens (primary N) is 1. The Morgan fingerprint density at radius 2 is 2.13 bits per heavy atom. The molecule has 1 aromatic rings. The minimum absolute atomic E-state index is 0.0322. The molecule has 6 nitrogen and oxygen atoms in total. The van der Waals surface area contributed by atoms with Crippen LogP contribution in [0.1, 0.15) is 32.3 Å². The summed E-state index contributed by atoms with van der Waals surface area (Å²) in [6, 6.07) is 10.1. The van der Waals surface area contributed by atoms with E-state index in [1.807, 2.05) is 49.4 Å². The number of aliphatic imine (C=N–C) groups is 1. The highest BCUT2D eigenvalue weighted by Gasteiger charge is 2.14. The summed E-state index contributed by atoms with van der Waals surface area (Å²) in [7, 11) is 0. The standard InChI is InChI=1S/C24H31N3O3/c1-4-15-29-22(5-2)27-23(25)18(3)24(28)26-16-19-11-13-21(14-12-19)30-17-20-9-7-6-8-10-20/h5-13,21H,3-4,14-17H2,1-2H3,(H2,25,27)(H,26,28)/b22-5+. The predicted octanol–water partition coefficient (Wildman–Crippen LogP) is 3.78. The third-order valence-corrected chi connectivity index (χ3v) is 4.41. The number of rotatable bonds is 11. The van der Waals surface area contributed by atoms with E-state index in [2.05, 4.69) is 23.0 Å². The lowest BCUT2D eigenvalue weighted by Crippen LogP contribution is -2.32. The molecule has 1 amide bonds. The van der Waals surface area contributed by atoms with E-state index >= 15 is 0 Å². The summed E-state index contributed by atoms with van der Waals surface area (Å²) in [6.45, 7) is 9.03. The van der Waals surface area contributed by atoms with Gasteiger partial charge in [0.2, 0.25) is 5.88 Å². The lowest BCUT2D eigenvalue weighted by Gasteiger charge is -2.17. The zero-order valence-corrected chi connectivity index (χ0v) is 17.8. The zero-order chi connectivity index (χ0) is 21.8. The number of nitrogens with zero attached hydrogens (tertiary/aromatic N) is 1. The molecule has 2 rings (SSSR count). The van der Waals surface area contributed by atoms with Gasteiger partial charge in [-0.25, -0.2) is 0 Å². The molecule has 0 fully saturated rings. The number of allylic oxidation sites excluding steroid dienone is 1. The number of benzene rings is 1. The van der Waals surface area contributed by atoms with Gasteiger partial charge in [-0.05, 0) is 37.0 Å². The van der Waals surface area contributed by atoms with Crippen molar-refractivity contribution in [3.05, 3.63) is 83.8 Å². The molecule has 0 heterocycles. The minimum atomic E-state index is -0.362. The molecule has 0 saturated carbocycles. The monoisotopic (exact) mass is 409 g/mol. The van der Waals surface area contributed by atoms with Crippen LogP contribution >= 0.6 is 0 Å². The summed E-state index contributed by atoms with van der Waals surface area (Å²) in [4.78, 5) is 16.5. The molecule has 1 aliphatic carbocycles. The van der Waals surface area contributed by atoms with Gasteiger partial charge in [0, 0.05) is 6.54 Å². The predicted molar refractivity (Wildman–Crippen MR) is 121 cm³/mol. The topological polar surface area (TPSA) is 85.9 Å². The number of amidine groups is 1. The maximum absolute atomic E-state index is 12.3. The number of ether oxygens (including phenoxy) is 2. The van der Waals surface area contributed by atoms with Gasteiger partial charge in [0.1, 0.15) is 5.84 Å². The van der Waals surface area contributed by atoms with Crippen molar-refractivity contribution in [2.75, 3.05) is 13.2 Å². The minimum Gasteiger partial charge on any atom is -0.478 e. The zero-order valence-electron chi connectivity index (χ0n) is 17.8. The summed E-state index contributed by atoms with van der Waals surface area (Å²) in [5.74, 6) is 0.0564. The molecule has 30 heavy (non-hydrogen) atoms. The Kier molecular flexibility index (Phi) is 9.61. The van der Waals surface area contributed by atoms with Crippen molar-refractivity contribution < 1.29 is 14.3 Å². The Hall–Kier alpha value is -3.12. The van der Waals surface area contributed by atoms with Crippen molar-refractivity contribution in [1.29, 1.82) is 0 Å². The average molecular weight is 410 g/mol. The van der Waals surface area contributed by atoms with Crippen LogP contribution in [0, 0.1) is 0 Å². The number of amides is 1. The van der Waals surface area contributed by atoms with Crippen molar-refractivity contribution in [3.8, 4) is 0 Å². The first-order valence-electron chi connectivity index (χ1n) is 10.2. The fourth-order valence-electron chi connectivity index (χ4n) is 2.66. The van der Waals surface area contributed by atoms with Crippen molar-refractivity contribution in [2.45, 2.75) is 39.4 Å². The average Bonchev–Trinajstić information content (AvgIpc) is 2.79. The van der Waals surface area contributed by atoms with E-state index in [0.29, 0.717) is 25.6 Å². The van der Waals surface area contributed by atoms with Gasteiger partial charge >= 0.3 is 0 Å². The van der Waals surface area contributed by atoms with Crippen LogP contribution in [-0.2, 0) is 20.9 Å². The van der Waals surface area contributed by atoms with Crippen LogP contribution in [0.2, 0.25) is 0 Å². The number of hydrogen-bond acceptors (Lipinski definition) is 4. The van der Waals surface area contributed by atoms with E-state index in [9.17, 15) is 4.79 Å². The molecule has 1 aliphatic rings.